The highest BCUT2D eigenvalue weighted by Gasteiger charge is 2.25. The molecule has 0 aliphatic carbocycles. The van der Waals surface area contributed by atoms with Crippen LogP contribution in [0.5, 0.6) is 23.0 Å². The molecule has 9 heteroatoms. The summed E-state index contributed by atoms with van der Waals surface area (Å²) in [6.07, 6.45) is 2.05. The summed E-state index contributed by atoms with van der Waals surface area (Å²) in [7, 11) is 6.43. The van der Waals surface area contributed by atoms with Crippen molar-refractivity contribution in [3.8, 4) is 23.0 Å². The average molecular weight is 395 g/mol. The fraction of sp³-hybridized carbons (Fsp3) is 0.250. The van der Waals surface area contributed by atoms with E-state index in [9.17, 15) is 0 Å². The van der Waals surface area contributed by atoms with Gasteiger partial charge in [0.2, 0.25) is 5.95 Å². The third-order valence-electron chi connectivity index (χ3n) is 4.77. The molecule has 0 fully saturated rings. The summed E-state index contributed by atoms with van der Waals surface area (Å²) in [5.41, 5.74) is 2.73. The van der Waals surface area contributed by atoms with Crippen molar-refractivity contribution in [3.05, 3.63) is 53.6 Å². The van der Waals surface area contributed by atoms with E-state index in [4.69, 9.17) is 18.9 Å². The van der Waals surface area contributed by atoms with Gasteiger partial charge in [-0.15, -0.1) is 0 Å². The van der Waals surface area contributed by atoms with Crippen molar-refractivity contribution in [2.75, 3.05) is 33.8 Å². The Morgan fingerprint density at radius 1 is 0.828 bits per heavy atom. The van der Waals surface area contributed by atoms with Crippen LogP contribution in [0.3, 0.4) is 0 Å². The third kappa shape index (κ3) is 3.31. The highest BCUT2D eigenvalue weighted by Crippen LogP contribution is 2.37. The zero-order valence-electron chi connectivity index (χ0n) is 16.5. The molecule has 1 unspecified atom stereocenters. The summed E-state index contributed by atoms with van der Waals surface area (Å²) in [5, 5.41) is 15.3. The number of benzene rings is 2. The number of methoxy groups -OCH3 is 4. The lowest BCUT2D eigenvalue weighted by Crippen LogP contribution is -2.20. The van der Waals surface area contributed by atoms with Gasteiger partial charge in [-0.2, -0.15) is 4.68 Å². The Hall–Kier alpha value is -3.75. The maximum Gasteiger partial charge on any atom is 0.248 e. The van der Waals surface area contributed by atoms with E-state index in [1.54, 1.807) is 33.1 Å². The summed E-state index contributed by atoms with van der Waals surface area (Å²) in [6, 6.07) is 11.2. The number of allylic oxidation sites excluding steroid dienone is 1. The van der Waals surface area contributed by atoms with Crippen LogP contribution in [0.25, 0.3) is 5.70 Å². The molecule has 0 bridgehead atoms. The number of hydrogen-bond acceptors (Lipinski definition) is 8. The number of nitrogens with one attached hydrogen (secondary N) is 1. The van der Waals surface area contributed by atoms with Gasteiger partial charge in [0.1, 0.15) is 6.04 Å². The van der Waals surface area contributed by atoms with Crippen LogP contribution in [-0.2, 0) is 0 Å². The van der Waals surface area contributed by atoms with Crippen molar-refractivity contribution in [1.82, 2.24) is 20.2 Å². The van der Waals surface area contributed by atoms with Gasteiger partial charge in [0.25, 0.3) is 0 Å². The number of aromatic nitrogens is 4. The van der Waals surface area contributed by atoms with E-state index in [0.29, 0.717) is 28.9 Å². The lowest BCUT2D eigenvalue weighted by molar-refractivity contribution is 0.354. The molecular weight excluding hydrogens is 374 g/mol. The van der Waals surface area contributed by atoms with Crippen LogP contribution in [-0.4, -0.2) is 48.6 Å². The molecular formula is C20H21N5O4. The van der Waals surface area contributed by atoms with Crippen molar-refractivity contribution in [2.45, 2.75) is 6.04 Å². The Morgan fingerprint density at radius 3 is 2.17 bits per heavy atom. The molecule has 150 valence electrons. The molecule has 1 aliphatic rings. The van der Waals surface area contributed by atoms with Crippen LogP contribution in [0.4, 0.5) is 5.95 Å². The molecule has 2 heterocycles. The second-order valence-electron chi connectivity index (χ2n) is 6.28. The predicted molar refractivity (Wildman–Crippen MR) is 107 cm³/mol. The van der Waals surface area contributed by atoms with Gasteiger partial charge in [0.05, 0.1) is 28.4 Å². The maximum atomic E-state index is 5.45. The maximum absolute atomic E-state index is 5.45. The van der Waals surface area contributed by atoms with Crippen LogP contribution < -0.4 is 24.3 Å². The van der Waals surface area contributed by atoms with Gasteiger partial charge in [-0.3, -0.25) is 0 Å². The number of fused-ring (bicyclic) bond motifs is 1. The Balaban J connectivity index is 1.79. The van der Waals surface area contributed by atoms with Gasteiger partial charge in [-0.1, -0.05) is 11.2 Å². The van der Waals surface area contributed by atoms with Gasteiger partial charge in [0.15, 0.2) is 23.0 Å². The van der Waals surface area contributed by atoms with Gasteiger partial charge >= 0.3 is 0 Å². The predicted octanol–water partition coefficient (Wildman–Crippen LogP) is 2.76. The van der Waals surface area contributed by atoms with Crippen molar-refractivity contribution < 1.29 is 18.9 Å². The second kappa shape index (κ2) is 7.70. The highest BCUT2D eigenvalue weighted by atomic mass is 16.5. The third-order valence-corrected chi connectivity index (χ3v) is 4.77. The fourth-order valence-electron chi connectivity index (χ4n) is 3.30. The number of tetrazole rings is 1. The average Bonchev–Trinajstić information content (AvgIpc) is 3.26. The van der Waals surface area contributed by atoms with E-state index < -0.39 is 0 Å². The monoisotopic (exact) mass is 395 g/mol. The van der Waals surface area contributed by atoms with Crippen molar-refractivity contribution in [3.63, 3.8) is 0 Å². The zero-order valence-corrected chi connectivity index (χ0v) is 16.5. The molecule has 29 heavy (non-hydrogen) atoms. The molecule has 1 atom stereocenters. The molecule has 4 rings (SSSR count). The second-order valence-corrected chi connectivity index (χ2v) is 6.28. The van der Waals surface area contributed by atoms with E-state index in [2.05, 4.69) is 20.8 Å². The molecule has 0 spiro atoms. The van der Waals surface area contributed by atoms with Crippen LogP contribution in [0.1, 0.15) is 17.2 Å². The Bertz CT molecular complexity index is 1060. The lowest BCUT2D eigenvalue weighted by Gasteiger charge is -2.24. The highest BCUT2D eigenvalue weighted by molar-refractivity contribution is 5.78. The number of rotatable bonds is 6. The fourth-order valence-corrected chi connectivity index (χ4v) is 3.30. The van der Waals surface area contributed by atoms with Crippen molar-refractivity contribution >= 4 is 11.6 Å². The molecule has 1 aromatic heterocycles. The molecule has 1 aliphatic heterocycles. The van der Waals surface area contributed by atoms with Crippen molar-refractivity contribution in [1.29, 1.82) is 0 Å². The van der Waals surface area contributed by atoms with Gasteiger partial charge in [-0.05, 0) is 52.4 Å². The first-order valence-electron chi connectivity index (χ1n) is 8.89. The number of hydrogen-bond donors (Lipinski definition) is 1. The minimum absolute atomic E-state index is 0.232. The van der Waals surface area contributed by atoms with Crippen LogP contribution >= 0.6 is 0 Å². The topological polar surface area (TPSA) is 92.6 Å². The van der Waals surface area contributed by atoms with E-state index >= 15 is 0 Å². The molecule has 1 N–H and O–H groups in total. The molecule has 0 amide bonds. The van der Waals surface area contributed by atoms with Crippen LogP contribution in [0.15, 0.2) is 42.5 Å². The van der Waals surface area contributed by atoms with Gasteiger partial charge in [-0.25, -0.2) is 0 Å². The van der Waals surface area contributed by atoms with Crippen LogP contribution in [0.2, 0.25) is 0 Å². The minimum atomic E-state index is -0.232. The number of nitrogens with zero attached hydrogens (tertiary/aromatic N) is 4. The van der Waals surface area contributed by atoms with Gasteiger partial charge in [0, 0.05) is 11.3 Å². The quantitative estimate of drug-likeness (QED) is 0.681. The largest absolute Gasteiger partial charge is 0.493 e. The van der Waals surface area contributed by atoms with Crippen molar-refractivity contribution in [2.24, 2.45) is 0 Å². The molecule has 3 aromatic rings. The summed E-state index contributed by atoms with van der Waals surface area (Å²) in [4.78, 5) is 0. The van der Waals surface area contributed by atoms with Gasteiger partial charge < -0.3 is 24.3 Å². The number of ether oxygens (including phenoxy) is 4. The first kappa shape index (κ1) is 18.6. The van der Waals surface area contributed by atoms with E-state index in [1.807, 2.05) is 42.5 Å². The summed E-state index contributed by atoms with van der Waals surface area (Å²) < 4.78 is 23.3. The molecule has 0 radical (unpaired) electrons. The summed E-state index contributed by atoms with van der Waals surface area (Å²) >= 11 is 0. The van der Waals surface area contributed by atoms with Crippen LogP contribution in [0, 0.1) is 0 Å². The van der Waals surface area contributed by atoms with E-state index in [1.165, 1.54) is 0 Å². The molecule has 2 aromatic carbocycles. The molecule has 0 saturated heterocycles. The Morgan fingerprint density at radius 2 is 1.48 bits per heavy atom. The molecule has 9 nitrogen and oxygen atoms in total. The minimum Gasteiger partial charge on any atom is -0.493 e. The SMILES string of the molecule is COc1ccc(C2=CC(c3ccc(OC)c(OC)c3)n3nnnc3N2)cc1OC. The Labute approximate surface area is 167 Å². The zero-order chi connectivity index (χ0) is 20.4. The Kier molecular flexibility index (Phi) is 4.94. The smallest absolute Gasteiger partial charge is 0.248 e. The standard InChI is InChI=1S/C20H21N5O4/c1-26-16-7-5-12(9-18(16)28-3)14-11-15(25-20(21-14)22-23-24-25)13-6-8-17(27-2)19(10-13)29-4/h5-11,15H,1-4H3,(H,21,22,24). The normalized spacial score (nSPS) is 15.0. The van der Waals surface area contributed by atoms with E-state index in [-0.39, 0.29) is 6.04 Å². The van der Waals surface area contributed by atoms with E-state index in [0.717, 1.165) is 16.8 Å². The molecule has 0 saturated carbocycles. The summed E-state index contributed by atoms with van der Waals surface area (Å²) in [6.45, 7) is 0. The first-order chi connectivity index (χ1) is 14.2. The lowest BCUT2D eigenvalue weighted by atomic mass is 10.0. The summed E-state index contributed by atoms with van der Waals surface area (Å²) in [5.74, 6) is 3.14. The first-order valence-corrected chi connectivity index (χ1v) is 8.89. The number of anilines is 1.